The molecule has 4 rings (SSSR count). The van der Waals surface area contributed by atoms with E-state index < -0.39 is 0 Å². The van der Waals surface area contributed by atoms with Gasteiger partial charge in [0.15, 0.2) is 0 Å². The van der Waals surface area contributed by atoms with Crippen LogP contribution in [0.4, 0.5) is 5.82 Å². The largest absolute Gasteiger partial charge is 0.368 e. The molecule has 146 valence electrons. The van der Waals surface area contributed by atoms with Crippen LogP contribution in [0.3, 0.4) is 0 Å². The Kier molecular flexibility index (Phi) is 5.62. The van der Waals surface area contributed by atoms with Crippen LogP contribution in [0.15, 0.2) is 66.6 Å². The van der Waals surface area contributed by atoms with Crippen molar-refractivity contribution < 1.29 is 4.79 Å². The minimum atomic E-state index is -0.0954. The fraction of sp³-hybridized carbons (Fsp3) is 0.143. The number of aryl methyl sites for hydroxylation is 1. The van der Waals surface area contributed by atoms with Crippen LogP contribution >= 0.6 is 11.3 Å². The second kappa shape index (κ2) is 8.66. The summed E-state index contributed by atoms with van der Waals surface area (Å²) < 4.78 is 1.88. The first-order valence-corrected chi connectivity index (χ1v) is 10.1. The number of carbonyl (C=O) groups is 1. The number of carbonyl (C=O) groups excluding carboxylic acids is 1. The van der Waals surface area contributed by atoms with E-state index in [-0.39, 0.29) is 5.91 Å². The van der Waals surface area contributed by atoms with E-state index in [1.807, 2.05) is 59.5 Å². The second-order valence-electron chi connectivity index (χ2n) is 6.34. The Hall–Kier alpha value is -3.52. The molecule has 0 aliphatic rings. The predicted molar refractivity (Wildman–Crippen MR) is 114 cm³/mol. The average molecular weight is 404 g/mol. The van der Waals surface area contributed by atoms with E-state index in [4.69, 9.17) is 0 Å². The van der Waals surface area contributed by atoms with Gasteiger partial charge in [-0.25, -0.2) is 15.0 Å². The van der Waals surface area contributed by atoms with Gasteiger partial charge in [-0.3, -0.25) is 9.36 Å². The molecule has 0 saturated carbocycles. The van der Waals surface area contributed by atoms with Gasteiger partial charge in [-0.15, -0.1) is 11.3 Å². The summed E-state index contributed by atoms with van der Waals surface area (Å²) in [6.45, 7) is 2.95. The lowest BCUT2D eigenvalue weighted by molar-refractivity contribution is 0.0955. The van der Waals surface area contributed by atoms with Crippen LogP contribution in [-0.4, -0.2) is 38.5 Å². The summed E-state index contributed by atoms with van der Waals surface area (Å²) in [7, 11) is 0. The molecule has 0 saturated heterocycles. The first kappa shape index (κ1) is 18.8. The van der Waals surface area contributed by atoms with Crippen LogP contribution in [0.1, 0.15) is 16.2 Å². The number of rotatable bonds is 7. The zero-order valence-electron chi connectivity index (χ0n) is 15.9. The first-order chi connectivity index (χ1) is 14.2. The Morgan fingerprint density at radius 3 is 2.69 bits per heavy atom. The Morgan fingerprint density at radius 2 is 1.97 bits per heavy atom. The molecule has 1 aromatic carbocycles. The molecular formula is C21H20N6OS. The summed E-state index contributed by atoms with van der Waals surface area (Å²) in [6.07, 6.45) is 5.09. The van der Waals surface area contributed by atoms with Gasteiger partial charge in [0.25, 0.3) is 5.91 Å². The Bertz CT molecular complexity index is 1090. The highest BCUT2D eigenvalue weighted by Gasteiger charge is 2.07. The fourth-order valence-electron chi connectivity index (χ4n) is 2.89. The Labute approximate surface area is 172 Å². The lowest BCUT2D eigenvalue weighted by atomic mass is 10.1. The van der Waals surface area contributed by atoms with Crippen LogP contribution < -0.4 is 10.6 Å². The minimum Gasteiger partial charge on any atom is -0.368 e. The second-order valence-corrected chi connectivity index (χ2v) is 7.29. The zero-order valence-corrected chi connectivity index (χ0v) is 16.7. The molecule has 3 aromatic heterocycles. The van der Waals surface area contributed by atoms with Crippen molar-refractivity contribution in [2.24, 2.45) is 0 Å². The minimum absolute atomic E-state index is 0.0954. The smallest absolute Gasteiger partial charge is 0.251 e. The number of nitrogens with zero attached hydrogens (tertiary/aromatic N) is 4. The highest BCUT2D eigenvalue weighted by atomic mass is 32.1. The van der Waals surface area contributed by atoms with E-state index in [9.17, 15) is 4.79 Å². The Morgan fingerprint density at radius 1 is 1.10 bits per heavy atom. The van der Waals surface area contributed by atoms with Crippen LogP contribution in [0, 0.1) is 6.92 Å². The summed E-state index contributed by atoms with van der Waals surface area (Å²) in [4.78, 5) is 26.2. The van der Waals surface area contributed by atoms with Gasteiger partial charge in [0, 0.05) is 42.0 Å². The number of amides is 1. The quantitative estimate of drug-likeness (QED) is 0.460. The van der Waals surface area contributed by atoms with Crippen molar-refractivity contribution in [1.29, 1.82) is 0 Å². The molecule has 29 heavy (non-hydrogen) atoms. The van der Waals surface area contributed by atoms with Gasteiger partial charge in [-0.1, -0.05) is 18.2 Å². The number of imidazole rings is 1. The third kappa shape index (κ3) is 4.49. The molecule has 3 heterocycles. The van der Waals surface area contributed by atoms with Gasteiger partial charge < -0.3 is 10.6 Å². The number of thiophene rings is 1. The van der Waals surface area contributed by atoms with Crippen LogP contribution in [0.25, 0.3) is 16.3 Å². The molecule has 2 N–H and O–H groups in total. The summed E-state index contributed by atoms with van der Waals surface area (Å²) >= 11 is 1.68. The van der Waals surface area contributed by atoms with Crippen LogP contribution in [0.2, 0.25) is 0 Å². The van der Waals surface area contributed by atoms with Gasteiger partial charge in [0.2, 0.25) is 0 Å². The van der Waals surface area contributed by atoms with E-state index >= 15 is 0 Å². The van der Waals surface area contributed by atoms with Crippen molar-refractivity contribution in [3.05, 3.63) is 78.0 Å². The lowest BCUT2D eigenvalue weighted by Crippen LogP contribution is -2.28. The number of aromatic nitrogens is 4. The highest BCUT2D eigenvalue weighted by molar-refractivity contribution is 7.13. The van der Waals surface area contributed by atoms with Gasteiger partial charge in [0.1, 0.15) is 23.8 Å². The lowest BCUT2D eigenvalue weighted by Gasteiger charge is -2.09. The number of nitrogens with one attached hydrogen (secondary N) is 2. The summed E-state index contributed by atoms with van der Waals surface area (Å²) in [6, 6.07) is 13.6. The van der Waals surface area contributed by atoms with Crippen molar-refractivity contribution in [3.8, 4) is 16.3 Å². The van der Waals surface area contributed by atoms with E-state index in [1.165, 1.54) is 11.2 Å². The van der Waals surface area contributed by atoms with Gasteiger partial charge in [-0.2, -0.15) is 0 Å². The highest BCUT2D eigenvalue weighted by Crippen LogP contribution is 2.24. The third-order valence-electron chi connectivity index (χ3n) is 4.39. The number of hydrogen-bond donors (Lipinski definition) is 2. The maximum Gasteiger partial charge on any atom is 0.251 e. The van der Waals surface area contributed by atoms with Crippen LogP contribution in [0.5, 0.6) is 0 Å². The summed E-state index contributed by atoms with van der Waals surface area (Å²) in [5, 5.41) is 8.16. The monoisotopic (exact) mass is 404 g/mol. The average Bonchev–Trinajstić information content (AvgIpc) is 3.43. The van der Waals surface area contributed by atoms with Gasteiger partial charge in [-0.05, 0) is 36.1 Å². The number of anilines is 1. The van der Waals surface area contributed by atoms with Crippen LogP contribution in [-0.2, 0) is 0 Å². The normalized spacial score (nSPS) is 10.7. The molecule has 0 aliphatic carbocycles. The van der Waals surface area contributed by atoms with Crippen molar-refractivity contribution >= 4 is 23.1 Å². The zero-order chi connectivity index (χ0) is 20.1. The Balaban J connectivity index is 1.28. The van der Waals surface area contributed by atoms with Crippen molar-refractivity contribution in [3.63, 3.8) is 0 Å². The number of hydrogen-bond acceptors (Lipinski definition) is 6. The van der Waals surface area contributed by atoms with Crippen molar-refractivity contribution in [1.82, 2.24) is 24.8 Å². The molecule has 0 bridgehead atoms. The predicted octanol–water partition coefficient (Wildman–Crippen LogP) is 3.54. The number of benzene rings is 1. The molecule has 7 nitrogen and oxygen atoms in total. The van der Waals surface area contributed by atoms with Crippen molar-refractivity contribution in [2.75, 3.05) is 18.4 Å². The summed E-state index contributed by atoms with van der Waals surface area (Å²) in [5.41, 5.74) is 1.76. The van der Waals surface area contributed by atoms with E-state index in [0.29, 0.717) is 24.5 Å². The summed E-state index contributed by atoms with van der Waals surface area (Å²) in [5.74, 6) is 2.19. The maximum atomic E-state index is 12.3. The van der Waals surface area contributed by atoms with Gasteiger partial charge >= 0.3 is 0 Å². The van der Waals surface area contributed by atoms with Crippen molar-refractivity contribution in [2.45, 2.75) is 6.92 Å². The van der Waals surface area contributed by atoms with Gasteiger partial charge in [0.05, 0.1) is 0 Å². The first-order valence-electron chi connectivity index (χ1n) is 9.19. The molecule has 0 radical (unpaired) electrons. The molecule has 4 aromatic rings. The third-order valence-corrected chi connectivity index (χ3v) is 5.31. The van der Waals surface area contributed by atoms with E-state index in [0.717, 1.165) is 17.2 Å². The molecule has 0 spiro atoms. The molecule has 0 atom stereocenters. The standard InChI is InChI=1S/C21H20N6OS/c1-15-22-10-11-27(15)20-13-19(25-14-26-20)23-8-9-24-21(28)17-6-4-16(5-7-17)18-3-2-12-29-18/h2-7,10-14H,8-9H2,1H3,(H,24,28)(H,23,25,26). The maximum absolute atomic E-state index is 12.3. The molecule has 0 unspecified atom stereocenters. The molecule has 8 heteroatoms. The van der Waals surface area contributed by atoms with E-state index in [1.54, 1.807) is 17.5 Å². The topological polar surface area (TPSA) is 84.7 Å². The van der Waals surface area contributed by atoms with E-state index in [2.05, 4.69) is 31.7 Å². The SMILES string of the molecule is Cc1nccn1-c1cc(NCCNC(=O)c2ccc(-c3cccs3)cc2)ncn1. The fourth-order valence-corrected chi connectivity index (χ4v) is 3.63. The molecular weight excluding hydrogens is 384 g/mol. The molecule has 0 fully saturated rings. The molecule has 1 amide bonds. The molecule has 0 aliphatic heterocycles.